The molecule has 0 saturated heterocycles. The number of carbonyl (C=O) groups is 1. The molecule has 2 atom stereocenters. The summed E-state index contributed by atoms with van der Waals surface area (Å²) in [6.07, 6.45) is 5.76. The van der Waals surface area contributed by atoms with Crippen LogP contribution in [0.5, 0.6) is 0 Å². The summed E-state index contributed by atoms with van der Waals surface area (Å²) in [4.78, 5) is 15.3. The van der Waals surface area contributed by atoms with Crippen molar-refractivity contribution in [2.45, 2.75) is 31.8 Å². The Labute approximate surface area is 89.2 Å². The normalized spacial score (nSPS) is 16.8. The van der Waals surface area contributed by atoms with E-state index >= 15 is 0 Å². The van der Waals surface area contributed by atoms with Gasteiger partial charge in [0.2, 0.25) is 0 Å². The molecule has 1 rings (SSSR count). The Hall–Kier alpha value is -1.36. The van der Waals surface area contributed by atoms with Crippen molar-refractivity contribution in [1.82, 2.24) is 9.55 Å². The maximum absolute atomic E-state index is 11.4. The Morgan fingerprint density at radius 2 is 2.40 bits per heavy atom. The summed E-state index contributed by atoms with van der Waals surface area (Å²) in [6.45, 7) is 3.65. The lowest BCUT2D eigenvalue weighted by Gasteiger charge is -2.25. The molecule has 0 fully saturated rings. The SMILES string of the molecule is COC(=O)C(C)(N)CC(C)n1ccnc1. The van der Waals surface area contributed by atoms with E-state index in [4.69, 9.17) is 5.73 Å². The number of rotatable bonds is 4. The highest BCUT2D eigenvalue weighted by Crippen LogP contribution is 2.19. The molecule has 0 aliphatic carbocycles. The topological polar surface area (TPSA) is 70.1 Å². The molecule has 5 heteroatoms. The van der Waals surface area contributed by atoms with Crippen LogP contribution < -0.4 is 5.73 Å². The van der Waals surface area contributed by atoms with E-state index in [-0.39, 0.29) is 6.04 Å². The molecular formula is C10H17N3O2. The van der Waals surface area contributed by atoms with Gasteiger partial charge in [0.1, 0.15) is 5.54 Å². The van der Waals surface area contributed by atoms with Gasteiger partial charge in [-0.2, -0.15) is 0 Å². The lowest BCUT2D eigenvalue weighted by atomic mass is 9.95. The lowest BCUT2D eigenvalue weighted by Crippen LogP contribution is -2.47. The minimum atomic E-state index is -0.960. The van der Waals surface area contributed by atoms with Gasteiger partial charge in [-0.15, -0.1) is 0 Å². The van der Waals surface area contributed by atoms with Crippen molar-refractivity contribution in [1.29, 1.82) is 0 Å². The zero-order chi connectivity index (χ0) is 11.5. The molecule has 0 radical (unpaired) electrons. The zero-order valence-corrected chi connectivity index (χ0v) is 9.30. The number of hydrogen-bond acceptors (Lipinski definition) is 4. The predicted octanol–water partition coefficient (Wildman–Crippen LogP) is 0.725. The number of methoxy groups -OCH3 is 1. The van der Waals surface area contributed by atoms with Crippen LogP contribution in [-0.2, 0) is 9.53 Å². The van der Waals surface area contributed by atoms with Crippen LogP contribution in [0.25, 0.3) is 0 Å². The van der Waals surface area contributed by atoms with Crippen LogP contribution in [0, 0.1) is 0 Å². The summed E-state index contributed by atoms with van der Waals surface area (Å²) in [6, 6.07) is 0.113. The predicted molar refractivity (Wildman–Crippen MR) is 56.2 cm³/mol. The van der Waals surface area contributed by atoms with Crippen molar-refractivity contribution in [3.05, 3.63) is 18.7 Å². The van der Waals surface area contributed by atoms with Gasteiger partial charge in [0.15, 0.2) is 0 Å². The van der Waals surface area contributed by atoms with Gasteiger partial charge in [-0.25, -0.2) is 4.98 Å². The van der Waals surface area contributed by atoms with Crippen molar-refractivity contribution in [2.75, 3.05) is 7.11 Å². The third-order valence-corrected chi connectivity index (χ3v) is 2.40. The molecule has 0 aromatic carbocycles. The fraction of sp³-hybridized carbons (Fsp3) is 0.600. The molecule has 1 aromatic heterocycles. The molecule has 1 aromatic rings. The van der Waals surface area contributed by atoms with E-state index in [1.165, 1.54) is 7.11 Å². The molecule has 0 saturated carbocycles. The summed E-state index contributed by atoms with van der Waals surface area (Å²) in [7, 11) is 1.34. The van der Waals surface area contributed by atoms with Gasteiger partial charge in [-0.05, 0) is 20.3 Å². The molecule has 2 unspecified atom stereocenters. The van der Waals surface area contributed by atoms with Crippen LogP contribution in [0.4, 0.5) is 0 Å². The number of ether oxygens (including phenoxy) is 1. The summed E-state index contributed by atoms with van der Waals surface area (Å²) in [5.41, 5.74) is 4.91. The summed E-state index contributed by atoms with van der Waals surface area (Å²) in [5, 5.41) is 0. The third kappa shape index (κ3) is 2.79. The fourth-order valence-corrected chi connectivity index (χ4v) is 1.57. The van der Waals surface area contributed by atoms with E-state index in [1.54, 1.807) is 19.4 Å². The van der Waals surface area contributed by atoms with Crippen molar-refractivity contribution < 1.29 is 9.53 Å². The first-order valence-corrected chi connectivity index (χ1v) is 4.82. The van der Waals surface area contributed by atoms with Gasteiger partial charge in [-0.1, -0.05) is 0 Å². The molecule has 0 aliphatic rings. The van der Waals surface area contributed by atoms with E-state index in [9.17, 15) is 4.79 Å². The molecule has 0 aliphatic heterocycles. The molecule has 2 N–H and O–H groups in total. The number of imidazole rings is 1. The molecule has 0 amide bonds. The minimum absolute atomic E-state index is 0.113. The quantitative estimate of drug-likeness (QED) is 0.745. The van der Waals surface area contributed by atoms with E-state index in [0.717, 1.165) is 0 Å². The monoisotopic (exact) mass is 211 g/mol. The van der Waals surface area contributed by atoms with Crippen LogP contribution in [0.3, 0.4) is 0 Å². The summed E-state index contributed by atoms with van der Waals surface area (Å²) < 4.78 is 6.56. The Kier molecular flexibility index (Phi) is 3.47. The number of esters is 1. The first kappa shape index (κ1) is 11.7. The average molecular weight is 211 g/mol. The Bertz CT molecular complexity index is 319. The highest BCUT2D eigenvalue weighted by molar-refractivity contribution is 5.79. The van der Waals surface area contributed by atoms with Gasteiger partial charge in [-0.3, -0.25) is 4.79 Å². The van der Waals surface area contributed by atoms with Crippen LogP contribution in [0.2, 0.25) is 0 Å². The maximum atomic E-state index is 11.4. The zero-order valence-electron chi connectivity index (χ0n) is 9.30. The summed E-state index contributed by atoms with van der Waals surface area (Å²) in [5.74, 6) is -0.394. The molecule has 0 bridgehead atoms. The molecule has 1 heterocycles. The van der Waals surface area contributed by atoms with Gasteiger partial charge in [0, 0.05) is 18.4 Å². The standard InChI is InChI=1S/C10H17N3O2/c1-8(13-5-4-12-7-13)6-10(2,11)9(14)15-3/h4-5,7-8H,6,11H2,1-3H3. The van der Waals surface area contributed by atoms with Crippen LogP contribution in [0.15, 0.2) is 18.7 Å². The van der Waals surface area contributed by atoms with Crippen molar-refractivity contribution in [3.63, 3.8) is 0 Å². The Morgan fingerprint density at radius 3 is 2.87 bits per heavy atom. The second kappa shape index (κ2) is 4.44. The minimum Gasteiger partial charge on any atom is -0.468 e. The van der Waals surface area contributed by atoms with Crippen LogP contribution >= 0.6 is 0 Å². The first-order chi connectivity index (χ1) is 6.97. The van der Waals surface area contributed by atoms with Crippen LogP contribution in [0.1, 0.15) is 26.3 Å². The first-order valence-electron chi connectivity index (χ1n) is 4.82. The smallest absolute Gasteiger partial charge is 0.325 e. The highest BCUT2D eigenvalue weighted by atomic mass is 16.5. The fourth-order valence-electron chi connectivity index (χ4n) is 1.57. The number of nitrogens with zero attached hydrogens (tertiary/aromatic N) is 2. The van der Waals surface area contributed by atoms with Gasteiger partial charge < -0.3 is 15.0 Å². The van der Waals surface area contributed by atoms with Gasteiger partial charge in [0.25, 0.3) is 0 Å². The third-order valence-electron chi connectivity index (χ3n) is 2.40. The Balaban J connectivity index is 2.65. The molecular weight excluding hydrogens is 194 g/mol. The number of aromatic nitrogens is 2. The maximum Gasteiger partial charge on any atom is 0.325 e. The van der Waals surface area contributed by atoms with Crippen LogP contribution in [-0.4, -0.2) is 28.2 Å². The van der Waals surface area contributed by atoms with Crippen molar-refractivity contribution in [2.24, 2.45) is 5.73 Å². The van der Waals surface area contributed by atoms with E-state index in [2.05, 4.69) is 9.72 Å². The van der Waals surface area contributed by atoms with Crippen molar-refractivity contribution in [3.8, 4) is 0 Å². The van der Waals surface area contributed by atoms with E-state index in [1.807, 2.05) is 17.7 Å². The largest absolute Gasteiger partial charge is 0.468 e. The molecule has 5 nitrogen and oxygen atoms in total. The average Bonchev–Trinajstić information content (AvgIpc) is 2.68. The summed E-state index contributed by atoms with van der Waals surface area (Å²) >= 11 is 0. The highest BCUT2D eigenvalue weighted by Gasteiger charge is 2.31. The number of carbonyl (C=O) groups excluding carboxylic acids is 1. The molecule has 0 spiro atoms. The second-order valence-electron chi connectivity index (χ2n) is 3.97. The lowest BCUT2D eigenvalue weighted by molar-refractivity contribution is -0.147. The molecule has 84 valence electrons. The molecule has 15 heavy (non-hydrogen) atoms. The van der Waals surface area contributed by atoms with E-state index in [0.29, 0.717) is 6.42 Å². The van der Waals surface area contributed by atoms with Gasteiger partial charge >= 0.3 is 5.97 Å². The Morgan fingerprint density at radius 1 is 1.73 bits per heavy atom. The number of hydrogen-bond donors (Lipinski definition) is 1. The van der Waals surface area contributed by atoms with E-state index < -0.39 is 11.5 Å². The van der Waals surface area contributed by atoms with Gasteiger partial charge in [0.05, 0.1) is 13.4 Å². The van der Waals surface area contributed by atoms with Crippen molar-refractivity contribution >= 4 is 5.97 Å². The number of nitrogens with two attached hydrogens (primary N) is 1. The second-order valence-corrected chi connectivity index (χ2v) is 3.97.